The van der Waals surface area contributed by atoms with Crippen molar-refractivity contribution in [3.05, 3.63) is 78.4 Å². The molecule has 1 N–H and O–H groups in total. The Morgan fingerprint density at radius 3 is 2.68 bits per heavy atom. The number of rotatable bonds is 8. The first-order chi connectivity index (χ1) is 19.8. The van der Waals surface area contributed by atoms with E-state index in [9.17, 15) is 9.59 Å². The van der Waals surface area contributed by atoms with Crippen molar-refractivity contribution in [1.29, 1.82) is 0 Å². The number of ether oxygens (including phenoxy) is 1. The van der Waals surface area contributed by atoms with Gasteiger partial charge in [-0.25, -0.2) is 4.98 Å². The maximum atomic E-state index is 13.6. The van der Waals surface area contributed by atoms with Gasteiger partial charge in [0.1, 0.15) is 12.3 Å². The van der Waals surface area contributed by atoms with Gasteiger partial charge in [0.25, 0.3) is 5.91 Å². The lowest BCUT2D eigenvalue weighted by atomic mass is 9.59. The number of allylic oxidation sites excluding steroid dienone is 2. The van der Waals surface area contributed by atoms with Crippen LogP contribution in [0.2, 0.25) is 0 Å². The summed E-state index contributed by atoms with van der Waals surface area (Å²) in [5.41, 5.74) is 3.34. The Morgan fingerprint density at radius 2 is 1.98 bits per heavy atom. The van der Waals surface area contributed by atoms with E-state index in [4.69, 9.17) is 14.1 Å². The van der Waals surface area contributed by atoms with Crippen LogP contribution in [0.15, 0.2) is 77.2 Å². The molecule has 1 spiro atoms. The third-order valence-corrected chi connectivity index (χ3v) is 9.36. The summed E-state index contributed by atoms with van der Waals surface area (Å²) >= 11 is 0. The van der Waals surface area contributed by atoms with E-state index in [1.807, 2.05) is 30.3 Å². The minimum atomic E-state index is -0.528. The smallest absolute Gasteiger partial charge is 0.254 e. The highest BCUT2D eigenvalue weighted by Gasteiger charge is 2.48. The van der Waals surface area contributed by atoms with Crippen molar-refractivity contribution < 1.29 is 18.7 Å². The molecule has 1 aromatic carbocycles. The van der Waals surface area contributed by atoms with Crippen LogP contribution in [0, 0.1) is 10.8 Å². The maximum absolute atomic E-state index is 13.6. The highest BCUT2D eigenvalue weighted by atomic mass is 16.5. The maximum Gasteiger partial charge on any atom is 0.254 e. The van der Waals surface area contributed by atoms with Gasteiger partial charge in [0.05, 0.1) is 25.1 Å². The van der Waals surface area contributed by atoms with Crippen LogP contribution in [0.3, 0.4) is 0 Å². The van der Waals surface area contributed by atoms with Crippen LogP contribution in [-0.4, -0.2) is 65.9 Å². The second-order valence-electron chi connectivity index (χ2n) is 12.2. The first kappa shape index (κ1) is 28.9. The molecule has 5 rings (SSSR count). The second kappa shape index (κ2) is 12.1. The van der Waals surface area contributed by atoms with Crippen LogP contribution < -0.4 is 5.32 Å². The van der Waals surface area contributed by atoms with Crippen LogP contribution in [0.4, 0.5) is 0 Å². The van der Waals surface area contributed by atoms with Crippen LogP contribution in [0.1, 0.15) is 51.6 Å². The number of aromatic nitrogens is 1. The van der Waals surface area contributed by atoms with Gasteiger partial charge in [0, 0.05) is 35.7 Å². The molecule has 1 atom stereocenters. The second-order valence-corrected chi connectivity index (χ2v) is 12.2. The summed E-state index contributed by atoms with van der Waals surface area (Å²) in [6.45, 7) is 12.0. The van der Waals surface area contributed by atoms with E-state index < -0.39 is 6.04 Å². The molecular weight excluding hydrogens is 516 g/mol. The van der Waals surface area contributed by atoms with Crippen LogP contribution in [0.5, 0.6) is 0 Å². The summed E-state index contributed by atoms with van der Waals surface area (Å²) in [7, 11) is 1.61. The molecule has 0 aliphatic carbocycles. The molecule has 2 aromatic rings. The van der Waals surface area contributed by atoms with Crippen molar-refractivity contribution >= 4 is 11.8 Å². The topological polar surface area (TPSA) is 87.9 Å². The van der Waals surface area contributed by atoms with Gasteiger partial charge in [-0.05, 0) is 62.7 Å². The first-order valence-electron chi connectivity index (χ1n) is 14.6. The number of nitrogens with one attached hydrogen (secondary N) is 1. The molecular formula is C33H42N4O4. The van der Waals surface area contributed by atoms with Gasteiger partial charge in [-0.3, -0.25) is 14.5 Å². The fourth-order valence-corrected chi connectivity index (χ4v) is 6.43. The van der Waals surface area contributed by atoms with E-state index in [2.05, 4.69) is 36.7 Å². The SMILES string of the molecule is C=CCCC(C(=O)NC)N1CC2=C\OCC3(CCN(Cc4coc(-c5ccccc5)n4)CC3)C(C)(C)C/C=C\2C1=O. The number of hydrogen-bond donors (Lipinski definition) is 1. The molecule has 3 aliphatic heterocycles. The fourth-order valence-electron chi connectivity index (χ4n) is 6.43. The Balaban J connectivity index is 1.26. The molecule has 0 radical (unpaired) electrons. The summed E-state index contributed by atoms with van der Waals surface area (Å²) in [6.07, 6.45) is 11.4. The summed E-state index contributed by atoms with van der Waals surface area (Å²) in [4.78, 5) is 35.0. The number of carbonyl (C=O) groups is 2. The standard InChI is InChI=1S/C33H42N4O4/c1-5-6-12-28(29(38)34-4)37-19-25-21-40-23-33(32(2,3)14-13-27(25)31(37)39)15-17-36(18-16-33)20-26-22-41-30(35-26)24-10-8-7-9-11-24/h5,7-11,13,21-22,28H,1,6,12,14-20,23H2,2-4H3,(H,34,38)/b25-21+,27-13+. The number of nitrogens with zero attached hydrogens (tertiary/aromatic N) is 3. The minimum absolute atomic E-state index is 0.0212. The summed E-state index contributed by atoms with van der Waals surface area (Å²) in [5, 5.41) is 2.72. The van der Waals surface area contributed by atoms with E-state index >= 15 is 0 Å². The summed E-state index contributed by atoms with van der Waals surface area (Å²) < 4.78 is 12.1. The van der Waals surface area contributed by atoms with Crippen molar-refractivity contribution in [2.24, 2.45) is 10.8 Å². The minimum Gasteiger partial charge on any atom is -0.500 e. The Kier molecular flexibility index (Phi) is 8.50. The van der Waals surface area contributed by atoms with E-state index in [0.29, 0.717) is 37.5 Å². The lowest BCUT2D eigenvalue weighted by Gasteiger charge is -2.50. The Labute approximate surface area is 243 Å². The van der Waals surface area contributed by atoms with Gasteiger partial charge in [-0.15, -0.1) is 6.58 Å². The third kappa shape index (κ3) is 5.89. The molecule has 0 saturated carbocycles. The predicted octanol–water partition coefficient (Wildman–Crippen LogP) is 5.10. The molecule has 218 valence electrons. The summed E-state index contributed by atoms with van der Waals surface area (Å²) in [6, 6.07) is 9.45. The van der Waals surface area contributed by atoms with Gasteiger partial charge >= 0.3 is 0 Å². The largest absolute Gasteiger partial charge is 0.500 e. The van der Waals surface area contributed by atoms with E-state index in [0.717, 1.165) is 55.7 Å². The number of likely N-dealkylation sites (tertiary alicyclic amines) is 2. The number of amides is 2. The van der Waals surface area contributed by atoms with Crippen molar-refractivity contribution in [2.75, 3.05) is 33.3 Å². The van der Waals surface area contributed by atoms with Crippen molar-refractivity contribution in [1.82, 2.24) is 20.1 Å². The zero-order valence-corrected chi connectivity index (χ0v) is 24.5. The van der Waals surface area contributed by atoms with E-state index in [-0.39, 0.29) is 22.6 Å². The Morgan fingerprint density at radius 1 is 1.22 bits per heavy atom. The van der Waals surface area contributed by atoms with Crippen LogP contribution in [0.25, 0.3) is 11.5 Å². The molecule has 2 amide bonds. The average molecular weight is 559 g/mol. The van der Waals surface area contributed by atoms with Crippen molar-refractivity contribution in [3.63, 3.8) is 0 Å². The number of piperidine rings is 1. The third-order valence-electron chi connectivity index (χ3n) is 9.36. The van der Waals surface area contributed by atoms with Crippen molar-refractivity contribution in [2.45, 2.75) is 58.5 Å². The van der Waals surface area contributed by atoms with Gasteiger partial charge in [-0.2, -0.15) is 0 Å². The predicted molar refractivity (Wildman–Crippen MR) is 158 cm³/mol. The normalized spacial score (nSPS) is 23.6. The van der Waals surface area contributed by atoms with Gasteiger partial charge in [0.15, 0.2) is 0 Å². The monoisotopic (exact) mass is 558 g/mol. The van der Waals surface area contributed by atoms with Crippen LogP contribution in [-0.2, 0) is 20.9 Å². The average Bonchev–Trinajstić information content (AvgIpc) is 3.58. The molecule has 0 bridgehead atoms. The Hall–Kier alpha value is -3.65. The van der Waals surface area contributed by atoms with Gasteiger partial charge in [0.2, 0.25) is 11.8 Å². The molecule has 8 nitrogen and oxygen atoms in total. The summed E-state index contributed by atoms with van der Waals surface area (Å²) in [5.74, 6) is 0.408. The molecule has 8 heteroatoms. The molecule has 2 saturated heterocycles. The number of hydrogen-bond acceptors (Lipinski definition) is 6. The molecule has 1 unspecified atom stereocenters. The lowest BCUT2D eigenvalue weighted by molar-refractivity contribution is -0.135. The number of fused-ring (bicyclic) bond motifs is 1. The number of benzene rings is 1. The van der Waals surface area contributed by atoms with Gasteiger partial charge < -0.3 is 19.4 Å². The zero-order chi connectivity index (χ0) is 29.0. The quantitative estimate of drug-likeness (QED) is 0.454. The van der Waals surface area contributed by atoms with E-state index in [1.165, 1.54) is 0 Å². The number of oxazole rings is 1. The number of likely N-dealkylation sites (N-methyl/N-ethyl adjacent to an activating group) is 1. The molecule has 3 aliphatic rings. The zero-order valence-electron chi connectivity index (χ0n) is 24.5. The Bertz CT molecular complexity index is 1320. The molecule has 1 aromatic heterocycles. The first-order valence-corrected chi connectivity index (χ1v) is 14.6. The molecule has 4 heterocycles. The van der Waals surface area contributed by atoms with Crippen LogP contribution >= 0.6 is 0 Å². The lowest BCUT2D eigenvalue weighted by Crippen LogP contribution is -2.49. The highest BCUT2D eigenvalue weighted by Crippen LogP contribution is 2.51. The molecule has 2 fully saturated rings. The fraction of sp³-hybridized carbons (Fsp3) is 0.485. The highest BCUT2D eigenvalue weighted by molar-refractivity contribution is 6.03. The van der Waals surface area contributed by atoms with E-state index in [1.54, 1.807) is 30.5 Å². The van der Waals surface area contributed by atoms with Crippen molar-refractivity contribution in [3.8, 4) is 11.5 Å². The molecule has 41 heavy (non-hydrogen) atoms. The number of carbonyl (C=O) groups excluding carboxylic acids is 2. The van der Waals surface area contributed by atoms with Gasteiger partial charge in [-0.1, -0.05) is 44.2 Å².